The highest BCUT2D eigenvalue weighted by atomic mass is 16.1. The fourth-order valence-electron chi connectivity index (χ4n) is 1.92. The number of hydrogen-bond acceptors (Lipinski definition) is 3. The molecule has 0 unspecified atom stereocenters. The Balaban J connectivity index is 2.21. The lowest BCUT2D eigenvalue weighted by Crippen LogP contribution is -2.09. The molecule has 0 aliphatic heterocycles. The van der Waals surface area contributed by atoms with Gasteiger partial charge in [0.25, 0.3) is 5.56 Å². The number of benzene rings is 1. The minimum Gasteiger partial charge on any atom is -0.339 e. The van der Waals surface area contributed by atoms with E-state index in [1.54, 1.807) is 0 Å². The quantitative estimate of drug-likeness (QED) is 0.718. The van der Waals surface area contributed by atoms with Gasteiger partial charge in [-0.1, -0.05) is 25.1 Å². The first-order chi connectivity index (χ1) is 8.78. The largest absolute Gasteiger partial charge is 0.339 e. The summed E-state index contributed by atoms with van der Waals surface area (Å²) >= 11 is 0. The van der Waals surface area contributed by atoms with Crippen LogP contribution in [0, 0.1) is 0 Å². The van der Waals surface area contributed by atoms with Crippen molar-refractivity contribution in [2.24, 2.45) is 0 Å². The molecule has 2 heterocycles. The van der Waals surface area contributed by atoms with Gasteiger partial charge >= 0.3 is 0 Å². The van der Waals surface area contributed by atoms with Crippen molar-refractivity contribution in [3.63, 3.8) is 0 Å². The van der Waals surface area contributed by atoms with E-state index < -0.39 is 0 Å². The second-order valence-corrected chi connectivity index (χ2v) is 4.07. The van der Waals surface area contributed by atoms with Crippen LogP contribution in [0.5, 0.6) is 0 Å². The third-order valence-electron chi connectivity index (χ3n) is 2.90. The van der Waals surface area contributed by atoms with Gasteiger partial charge in [0.1, 0.15) is 5.82 Å². The first-order valence-corrected chi connectivity index (χ1v) is 5.80. The minimum atomic E-state index is -0.200. The highest BCUT2D eigenvalue weighted by molar-refractivity contribution is 5.71. The summed E-state index contributed by atoms with van der Waals surface area (Å²) in [6.45, 7) is 2.09. The number of nitrogens with one attached hydrogen (secondary N) is 2. The Morgan fingerprint density at radius 2 is 2.22 bits per heavy atom. The SMILES string of the molecule is CCc1cccc(-c2nc3nc[nH]c3c(=O)[nH]2)c1. The number of aromatic nitrogens is 4. The second kappa shape index (κ2) is 4.10. The van der Waals surface area contributed by atoms with Gasteiger partial charge in [-0.05, 0) is 18.1 Å². The van der Waals surface area contributed by atoms with Crippen molar-refractivity contribution in [2.75, 3.05) is 0 Å². The van der Waals surface area contributed by atoms with Crippen molar-refractivity contribution < 1.29 is 0 Å². The zero-order valence-corrected chi connectivity index (χ0v) is 9.90. The normalized spacial score (nSPS) is 10.9. The molecule has 5 nitrogen and oxygen atoms in total. The van der Waals surface area contributed by atoms with Crippen LogP contribution in [-0.2, 0) is 6.42 Å². The number of hydrogen-bond donors (Lipinski definition) is 2. The van der Waals surface area contributed by atoms with Crippen molar-refractivity contribution in [2.45, 2.75) is 13.3 Å². The van der Waals surface area contributed by atoms with Crippen LogP contribution in [0.2, 0.25) is 0 Å². The molecule has 2 aromatic heterocycles. The van der Waals surface area contributed by atoms with Crippen LogP contribution in [0.4, 0.5) is 0 Å². The Labute approximate surface area is 103 Å². The Morgan fingerprint density at radius 1 is 1.33 bits per heavy atom. The predicted octanol–water partition coefficient (Wildman–Crippen LogP) is 1.88. The van der Waals surface area contributed by atoms with Crippen molar-refractivity contribution in [1.29, 1.82) is 0 Å². The second-order valence-electron chi connectivity index (χ2n) is 4.07. The molecule has 0 fully saturated rings. The lowest BCUT2D eigenvalue weighted by Gasteiger charge is -2.02. The van der Waals surface area contributed by atoms with E-state index in [1.807, 2.05) is 18.2 Å². The van der Waals surface area contributed by atoms with Gasteiger partial charge in [-0.25, -0.2) is 9.97 Å². The molecule has 0 aliphatic carbocycles. The molecule has 0 amide bonds. The summed E-state index contributed by atoms with van der Waals surface area (Å²) in [7, 11) is 0. The number of aromatic amines is 2. The lowest BCUT2D eigenvalue weighted by atomic mass is 10.1. The van der Waals surface area contributed by atoms with Crippen LogP contribution in [0.3, 0.4) is 0 Å². The molecule has 2 N–H and O–H groups in total. The molecule has 0 aliphatic rings. The molecule has 5 heteroatoms. The predicted molar refractivity (Wildman–Crippen MR) is 69.3 cm³/mol. The number of H-pyrrole nitrogens is 2. The monoisotopic (exact) mass is 240 g/mol. The molecular weight excluding hydrogens is 228 g/mol. The number of fused-ring (bicyclic) bond motifs is 1. The highest BCUT2D eigenvalue weighted by Gasteiger charge is 2.07. The van der Waals surface area contributed by atoms with Gasteiger partial charge in [0.2, 0.25) is 0 Å². The molecule has 0 saturated carbocycles. The van der Waals surface area contributed by atoms with E-state index >= 15 is 0 Å². The Hall–Kier alpha value is -2.43. The third-order valence-corrected chi connectivity index (χ3v) is 2.90. The summed E-state index contributed by atoms with van der Waals surface area (Å²) in [6.07, 6.45) is 2.42. The average Bonchev–Trinajstić information content (AvgIpc) is 2.87. The maximum atomic E-state index is 11.8. The number of nitrogens with zero attached hydrogens (tertiary/aromatic N) is 2. The number of rotatable bonds is 2. The maximum Gasteiger partial charge on any atom is 0.277 e. The van der Waals surface area contributed by atoms with Gasteiger partial charge in [0, 0.05) is 5.56 Å². The number of aryl methyl sites for hydroxylation is 1. The molecule has 0 radical (unpaired) electrons. The van der Waals surface area contributed by atoms with Crippen LogP contribution in [0.25, 0.3) is 22.6 Å². The van der Waals surface area contributed by atoms with Crippen LogP contribution < -0.4 is 5.56 Å². The van der Waals surface area contributed by atoms with E-state index in [2.05, 4.69) is 32.9 Å². The van der Waals surface area contributed by atoms with Gasteiger partial charge in [0.15, 0.2) is 11.2 Å². The van der Waals surface area contributed by atoms with Crippen LogP contribution in [0.15, 0.2) is 35.4 Å². The summed E-state index contributed by atoms with van der Waals surface area (Å²) in [5.74, 6) is 0.551. The molecule has 1 aromatic carbocycles. The van der Waals surface area contributed by atoms with E-state index in [0.717, 1.165) is 12.0 Å². The zero-order valence-electron chi connectivity index (χ0n) is 9.90. The standard InChI is InChI=1S/C13H12N4O/c1-2-8-4-3-5-9(6-8)11-16-12-10(13(18)17-11)14-7-15-12/h3-7H,2H2,1H3,(H2,14,15,16,17,18). The summed E-state index contributed by atoms with van der Waals surface area (Å²) in [5.41, 5.74) is 2.75. The van der Waals surface area contributed by atoms with Crippen LogP contribution in [-0.4, -0.2) is 19.9 Å². The first-order valence-electron chi connectivity index (χ1n) is 5.80. The third kappa shape index (κ3) is 1.69. The summed E-state index contributed by atoms with van der Waals surface area (Å²) in [6, 6.07) is 7.96. The maximum absolute atomic E-state index is 11.8. The zero-order chi connectivity index (χ0) is 12.5. The van der Waals surface area contributed by atoms with Gasteiger partial charge < -0.3 is 9.97 Å². The minimum absolute atomic E-state index is 0.200. The fourth-order valence-corrected chi connectivity index (χ4v) is 1.92. The molecule has 0 bridgehead atoms. The molecular formula is C13H12N4O. The Morgan fingerprint density at radius 3 is 3.06 bits per heavy atom. The van der Waals surface area contributed by atoms with Crippen LogP contribution in [0.1, 0.15) is 12.5 Å². The summed E-state index contributed by atoms with van der Waals surface area (Å²) < 4.78 is 0. The van der Waals surface area contributed by atoms with Crippen molar-refractivity contribution in [3.05, 3.63) is 46.5 Å². The summed E-state index contributed by atoms with van der Waals surface area (Å²) in [5, 5.41) is 0. The van der Waals surface area contributed by atoms with Crippen molar-refractivity contribution in [1.82, 2.24) is 19.9 Å². The van der Waals surface area contributed by atoms with E-state index in [1.165, 1.54) is 11.9 Å². The van der Waals surface area contributed by atoms with E-state index in [-0.39, 0.29) is 5.56 Å². The topological polar surface area (TPSA) is 74.4 Å². The Kier molecular flexibility index (Phi) is 2.44. The average molecular weight is 240 g/mol. The van der Waals surface area contributed by atoms with Crippen molar-refractivity contribution in [3.8, 4) is 11.4 Å². The first kappa shape index (κ1) is 10.7. The number of imidazole rings is 1. The molecule has 90 valence electrons. The lowest BCUT2D eigenvalue weighted by molar-refractivity contribution is 1.12. The van der Waals surface area contributed by atoms with Gasteiger partial charge in [-0.15, -0.1) is 0 Å². The molecule has 0 spiro atoms. The smallest absolute Gasteiger partial charge is 0.277 e. The van der Waals surface area contributed by atoms with Gasteiger partial charge in [0.05, 0.1) is 6.33 Å². The fraction of sp³-hybridized carbons (Fsp3) is 0.154. The van der Waals surface area contributed by atoms with Gasteiger partial charge in [-0.2, -0.15) is 0 Å². The van der Waals surface area contributed by atoms with Crippen LogP contribution >= 0.6 is 0 Å². The highest BCUT2D eigenvalue weighted by Crippen LogP contribution is 2.16. The Bertz CT molecular complexity index is 757. The summed E-state index contributed by atoms with van der Waals surface area (Å²) in [4.78, 5) is 25.7. The van der Waals surface area contributed by atoms with Gasteiger partial charge in [-0.3, -0.25) is 4.79 Å². The van der Waals surface area contributed by atoms with E-state index in [9.17, 15) is 4.79 Å². The van der Waals surface area contributed by atoms with E-state index in [0.29, 0.717) is 17.0 Å². The van der Waals surface area contributed by atoms with E-state index in [4.69, 9.17) is 0 Å². The molecule has 0 atom stereocenters. The van der Waals surface area contributed by atoms with Crippen molar-refractivity contribution >= 4 is 11.2 Å². The molecule has 3 rings (SSSR count). The molecule has 0 saturated heterocycles. The molecule has 18 heavy (non-hydrogen) atoms. The molecule has 3 aromatic rings.